The number of hydrogen-bond donors (Lipinski definition) is 2. The van der Waals surface area contributed by atoms with Gasteiger partial charge in [0.25, 0.3) is 0 Å². The zero-order chi connectivity index (χ0) is 14.5. The van der Waals surface area contributed by atoms with Crippen LogP contribution in [0.25, 0.3) is 0 Å². The Kier molecular flexibility index (Phi) is 6.36. The highest BCUT2D eigenvalue weighted by Gasteiger charge is 2.30. The van der Waals surface area contributed by atoms with E-state index < -0.39 is 11.9 Å². The second-order valence-electron chi connectivity index (χ2n) is 6.54. The van der Waals surface area contributed by atoms with E-state index in [4.69, 9.17) is 5.11 Å². The van der Waals surface area contributed by atoms with Gasteiger partial charge in [-0.15, -0.1) is 0 Å². The summed E-state index contributed by atoms with van der Waals surface area (Å²) in [6.45, 7) is 12.4. The number of carboxylic acid groups (broad SMARTS) is 1. The molecule has 1 atom stereocenters. The molecule has 0 saturated carbocycles. The third kappa shape index (κ3) is 6.03. The van der Waals surface area contributed by atoms with Crippen LogP contribution in [0.15, 0.2) is 0 Å². The van der Waals surface area contributed by atoms with Crippen molar-refractivity contribution >= 4 is 11.9 Å². The highest BCUT2D eigenvalue weighted by Crippen LogP contribution is 2.24. The number of carbonyl (C=O) groups is 2. The van der Waals surface area contributed by atoms with Crippen LogP contribution in [0.3, 0.4) is 0 Å². The average Bonchev–Trinajstić information content (AvgIpc) is 2.11. The maximum Gasteiger partial charge on any atom is 0.316 e. The van der Waals surface area contributed by atoms with Gasteiger partial charge in [0.2, 0.25) is 5.91 Å². The van der Waals surface area contributed by atoms with Crippen molar-refractivity contribution in [3.63, 3.8) is 0 Å². The Morgan fingerprint density at radius 2 is 1.67 bits per heavy atom. The van der Waals surface area contributed by atoms with Crippen molar-refractivity contribution in [3.05, 3.63) is 0 Å². The van der Waals surface area contributed by atoms with Crippen molar-refractivity contribution in [2.75, 3.05) is 6.54 Å². The van der Waals surface area contributed by atoms with Crippen LogP contribution >= 0.6 is 0 Å². The van der Waals surface area contributed by atoms with Gasteiger partial charge in [0, 0.05) is 6.54 Å². The lowest BCUT2D eigenvalue weighted by Crippen LogP contribution is -2.42. The molecular formula is C14H27NO3. The number of carbonyl (C=O) groups excluding carboxylic acids is 1. The quantitative estimate of drug-likeness (QED) is 0.689. The van der Waals surface area contributed by atoms with Crippen LogP contribution < -0.4 is 5.32 Å². The van der Waals surface area contributed by atoms with E-state index in [1.54, 1.807) is 13.8 Å². The molecular weight excluding hydrogens is 230 g/mol. The Bertz CT molecular complexity index is 295. The molecule has 0 aliphatic rings. The number of carboxylic acids is 1. The molecule has 0 rings (SSSR count). The molecule has 18 heavy (non-hydrogen) atoms. The molecule has 0 aromatic carbocycles. The molecule has 0 radical (unpaired) electrons. The minimum atomic E-state index is -1.05. The van der Waals surface area contributed by atoms with E-state index in [9.17, 15) is 9.59 Å². The van der Waals surface area contributed by atoms with E-state index in [-0.39, 0.29) is 17.2 Å². The van der Waals surface area contributed by atoms with E-state index in [2.05, 4.69) is 33.0 Å². The molecule has 0 fully saturated rings. The molecule has 0 aromatic heterocycles. The summed E-state index contributed by atoms with van der Waals surface area (Å²) in [4.78, 5) is 22.9. The lowest BCUT2D eigenvalue weighted by Gasteiger charge is -2.28. The number of amides is 1. The van der Waals surface area contributed by atoms with Crippen molar-refractivity contribution in [2.45, 2.75) is 48.0 Å². The third-order valence-electron chi connectivity index (χ3n) is 2.92. The Morgan fingerprint density at radius 3 is 2.00 bits per heavy atom. The van der Waals surface area contributed by atoms with Crippen LogP contribution in [0.4, 0.5) is 0 Å². The Morgan fingerprint density at radius 1 is 1.17 bits per heavy atom. The van der Waals surface area contributed by atoms with Gasteiger partial charge in [0.15, 0.2) is 0 Å². The normalized spacial score (nSPS) is 13.8. The van der Waals surface area contributed by atoms with Gasteiger partial charge in [-0.2, -0.15) is 0 Å². The monoisotopic (exact) mass is 257 g/mol. The molecule has 106 valence electrons. The SMILES string of the molecule is CC(C)CC(C)(C)CNC(=O)C(C(=O)O)C(C)C. The van der Waals surface area contributed by atoms with Crippen LogP contribution in [0.2, 0.25) is 0 Å². The Hall–Kier alpha value is -1.06. The van der Waals surface area contributed by atoms with Crippen molar-refractivity contribution in [3.8, 4) is 0 Å². The molecule has 4 heteroatoms. The largest absolute Gasteiger partial charge is 0.481 e. The average molecular weight is 257 g/mol. The molecule has 4 nitrogen and oxygen atoms in total. The lowest BCUT2D eigenvalue weighted by atomic mass is 9.83. The highest BCUT2D eigenvalue weighted by molar-refractivity contribution is 5.97. The predicted octanol–water partition coefficient (Wildman–Crippen LogP) is 2.53. The fourth-order valence-electron chi connectivity index (χ4n) is 2.31. The van der Waals surface area contributed by atoms with Gasteiger partial charge in [0.1, 0.15) is 5.92 Å². The van der Waals surface area contributed by atoms with Gasteiger partial charge < -0.3 is 10.4 Å². The van der Waals surface area contributed by atoms with Crippen LogP contribution in [-0.4, -0.2) is 23.5 Å². The van der Waals surface area contributed by atoms with Gasteiger partial charge in [-0.05, 0) is 23.7 Å². The minimum absolute atomic E-state index is 0.0101. The first-order valence-electron chi connectivity index (χ1n) is 6.57. The van der Waals surface area contributed by atoms with E-state index in [0.717, 1.165) is 6.42 Å². The fourth-order valence-corrected chi connectivity index (χ4v) is 2.31. The maximum atomic E-state index is 11.9. The standard InChI is InChI=1S/C14H27NO3/c1-9(2)7-14(5,6)8-15-12(16)11(10(3)4)13(17)18/h9-11H,7-8H2,1-6H3,(H,15,16)(H,17,18). The second-order valence-corrected chi connectivity index (χ2v) is 6.54. The summed E-state index contributed by atoms with van der Waals surface area (Å²) in [5.41, 5.74) is -0.0101. The number of hydrogen-bond acceptors (Lipinski definition) is 2. The van der Waals surface area contributed by atoms with Crippen LogP contribution in [0, 0.1) is 23.2 Å². The summed E-state index contributed by atoms with van der Waals surface area (Å²) in [5, 5.41) is 11.8. The highest BCUT2D eigenvalue weighted by atomic mass is 16.4. The van der Waals surface area contributed by atoms with Crippen molar-refractivity contribution in [1.29, 1.82) is 0 Å². The number of rotatable bonds is 7. The van der Waals surface area contributed by atoms with Crippen LogP contribution in [-0.2, 0) is 9.59 Å². The summed E-state index contributed by atoms with van der Waals surface area (Å²) in [5.74, 6) is -2.04. The number of aliphatic carboxylic acids is 1. The summed E-state index contributed by atoms with van der Waals surface area (Å²) in [6, 6.07) is 0. The zero-order valence-electron chi connectivity index (χ0n) is 12.4. The molecule has 0 saturated heterocycles. The van der Waals surface area contributed by atoms with Crippen LogP contribution in [0.5, 0.6) is 0 Å². The molecule has 0 heterocycles. The van der Waals surface area contributed by atoms with Crippen molar-refractivity contribution < 1.29 is 14.7 Å². The van der Waals surface area contributed by atoms with Crippen molar-refractivity contribution in [2.24, 2.45) is 23.2 Å². The smallest absolute Gasteiger partial charge is 0.316 e. The first kappa shape index (κ1) is 16.9. The van der Waals surface area contributed by atoms with E-state index in [1.165, 1.54) is 0 Å². The van der Waals surface area contributed by atoms with Gasteiger partial charge in [-0.1, -0.05) is 41.5 Å². The van der Waals surface area contributed by atoms with Crippen LogP contribution in [0.1, 0.15) is 48.0 Å². The fraction of sp³-hybridized carbons (Fsp3) is 0.857. The first-order valence-corrected chi connectivity index (χ1v) is 6.57. The van der Waals surface area contributed by atoms with Gasteiger partial charge >= 0.3 is 5.97 Å². The molecule has 0 aliphatic carbocycles. The molecule has 0 bridgehead atoms. The Labute approximate surface area is 110 Å². The lowest BCUT2D eigenvalue weighted by molar-refractivity contribution is -0.149. The Balaban J connectivity index is 4.44. The molecule has 0 aromatic rings. The van der Waals surface area contributed by atoms with E-state index in [1.807, 2.05) is 0 Å². The third-order valence-corrected chi connectivity index (χ3v) is 2.92. The van der Waals surface area contributed by atoms with E-state index in [0.29, 0.717) is 12.5 Å². The first-order chi connectivity index (χ1) is 8.07. The van der Waals surface area contributed by atoms with Gasteiger partial charge in [-0.3, -0.25) is 9.59 Å². The summed E-state index contributed by atoms with van der Waals surface area (Å²) in [6.07, 6.45) is 0.993. The molecule has 1 amide bonds. The topological polar surface area (TPSA) is 66.4 Å². The zero-order valence-corrected chi connectivity index (χ0v) is 12.4. The molecule has 1 unspecified atom stereocenters. The van der Waals surface area contributed by atoms with Gasteiger partial charge in [0.05, 0.1) is 0 Å². The molecule has 0 spiro atoms. The summed E-state index contributed by atoms with van der Waals surface area (Å²) < 4.78 is 0. The summed E-state index contributed by atoms with van der Waals surface area (Å²) >= 11 is 0. The predicted molar refractivity (Wildman–Crippen MR) is 72.2 cm³/mol. The molecule has 0 aliphatic heterocycles. The van der Waals surface area contributed by atoms with E-state index >= 15 is 0 Å². The van der Waals surface area contributed by atoms with Crippen molar-refractivity contribution in [1.82, 2.24) is 5.32 Å². The number of nitrogens with one attached hydrogen (secondary N) is 1. The minimum Gasteiger partial charge on any atom is -0.481 e. The second kappa shape index (κ2) is 6.76. The molecule has 2 N–H and O–H groups in total. The maximum absolute atomic E-state index is 11.9. The summed E-state index contributed by atoms with van der Waals surface area (Å²) in [7, 11) is 0. The van der Waals surface area contributed by atoms with Gasteiger partial charge in [-0.25, -0.2) is 0 Å².